The highest BCUT2D eigenvalue weighted by Crippen LogP contribution is 2.32. The molecule has 0 heterocycles. The third-order valence-electron chi connectivity index (χ3n) is 3.41. The highest BCUT2D eigenvalue weighted by molar-refractivity contribution is 7.79. The summed E-state index contributed by atoms with van der Waals surface area (Å²) in [6.07, 6.45) is 1.11. The van der Waals surface area contributed by atoms with E-state index in [9.17, 15) is 4.79 Å². The molecule has 0 unspecified atom stereocenters. The summed E-state index contributed by atoms with van der Waals surface area (Å²) in [4.78, 5) is 9.84. The second kappa shape index (κ2) is 10.2. The first kappa shape index (κ1) is 18.6. The molecular formula is C22H21O2P. The largest absolute Gasteiger partial charge is 0.466 e. The van der Waals surface area contributed by atoms with Crippen LogP contribution in [0, 0.1) is 0 Å². The maximum atomic E-state index is 9.84. The molecule has 0 saturated heterocycles. The summed E-state index contributed by atoms with van der Waals surface area (Å²) in [6, 6.07) is 32.3. The van der Waals surface area contributed by atoms with E-state index in [-0.39, 0.29) is 0 Å². The lowest BCUT2D eigenvalue weighted by molar-refractivity contribution is -0.134. The molecule has 0 aliphatic carbocycles. The van der Waals surface area contributed by atoms with Crippen LogP contribution in [-0.2, 0) is 9.53 Å². The van der Waals surface area contributed by atoms with Crippen molar-refractivity contribution < 1.29 is 9.53 Å². The molecule has 3 aromatic rings. The first-order valence-corrected chi connectivity index (χ1v) is 9.26. The summed E-state index contributed by atoms with van der Waals surface area (Å²) in [5.41, 5.74) is 0. The monoisotopic (exact) mass is 348 g/mol. The van der Waals surface area contributed by atoms with Crippen molar-refractivity contribution in [1.29, 1.82) is 0 Å². The van der Waals surface area contributed by atoms with Gasteiger partial charge in [-0.1, -0.05) is 97.6 Å². The molecule has 0 atom stereocenters. The van der Waals surface area contributed by atoms with Crippen LogP contribution >= 0.6 is 7.92 Å². The Balaban J connectivity index is 0.000000326. The topological polar surface area (TPSA) is 26.3 Å². The number of carbonyl (C=O) groups excluding carboxylic acids is 1. The van der Waals surface area contributed by atoms with Crippen LogP contribution in [0.2, 0.25) is 0 Å². The van der Waals surface area contributed by atoms with Crippen molar-refractivity contribution in [1.82, 2.24) is 0 Å². The van der Waals surface area contributed by atoms with Gasteiger partial charge >= 0.3 is 5.97 Å². The second-order valence-electron chi connectivity index (χ2n) is 5.07. The van der Waals surface area contributed by atoms with Gasteiger partial charge in [-0.05, 0) is 23.8 Å². The number of carbonyl (C=O) groups is 1. The minimum Gasteiger partial charge on any atom is -0.466 e. The van der Waals surface area contributed by atoms with E-state index in [1.54, 1.807) is 0 Å². The van der Waals surface area contributed by atoms with E-state index in [2.05, 4.69) is 102 Å². The molecule has 0 amide bonds. The molecule has 126 valence electrons. The van der Waals surface area contributed by atoms with Gasteiger partial charge in [-0.2, -0.15) is 0 Å². The van der Waals surface area contributed by atoms with Gasteiger partial charge in [0.2, 0.25) is 0 Å². The van der Waals surface area contributed by atoms with Crippen LogP contribution in [-0.4, -0.2) is 13.1 Å². The lowest BCUT2D eigenvalue weighted by Crippen LogP contribution is -2.20. The van der Waals surface area contributed by atoms with E-state index in [1.807, 2.05) is 0 Å². The molecule has 0 fully saturated rings. The van der Waals surface area contributed by atoms with E-state index in [4.69, 9.17) is 0 Å². The number of ether oxygens (including phenoxy) is 1. The molecule has 2 nitrogen and oxygen atoms in total. The van der Waals surface area contributed by atoms with E-state index >= 15 is 0 Å². The zero-order chi connectivity index (χ0) is 17.9. The number of esters is 1. The van der Waals surface area contributed by atoms with Crippen LogP contribution in [0.3, 0.4) is 0 Å². The van der Waals surface area contributed by atoms with Gasteiger partial charge in [0, 0.05) is 6.08 Å². The molecule has 0 spiro atoms. The molecule has 0 bridgehead atoms. The van der Waals surface area contributed by atoms with Crippen molar-refractivity contribution in [3.63, 3.8) is 0 Å². The van der Waals surface area contributed by atoms with Gasteiger partial charge in [0.1, 0.15) is 0 Å². The van der Waals surface area contributed by atoms with Crippen LogP contribution in [0.1, 0.15) is 0 Å². The molecular weight excluding hydrogens is 327 g/mol. The van der Waals surface area contributed by atoms with Crippen molar-refractivity contribution >= 4 is 29.8 Å². The molecule has 0 saturated carbocycles. The van der Waals surface area contributed by atoms with Gasteiger partial charge in [-0.15, -0.1) is 0 Å². The lowest BCUT2D eigenvalue weighted by atomic mass is 10.4. The number of benzene rings is 3. The average Bonchev–Trinajstić information content (AvgIpc) is 2.70. The number of hydrogen-bond acceptors (Lipinski definition) is 2. The van der Waals surface area contributed by atoms with Gasteiger partial charge in [0.25, 0.3) is 0 Å². The minimum atomic E-state index is -0.446. The molecule has 3 rings (SSSR count). The third kappa shape index (κ3) is 5.70. The van der Waals surface area contributed by atoms with Crippen LogP contribution in [0.4, 0.5) is 0 Å². The van der Waals surface area contributed by atoms with Crippen molar-refractivity contribution in [2.24, 2.45) is 0 Å². The zero-order valence-corrected chi connectivity index (χ0v) is 15.1. The first-order valence-electron chi connectivity index (χ1n) is 7.92. The highest BCUT2D eigenvalue weighted by Gasteiger charge is 2.14. The Kier molecular flexibility index (Phi) is 7.62. The van der Waals surface area contributed by atoms with Crippen LogP contribution in [0.15, 0.2) is 104 Å². The van der Waals surface area contributed by atoms with Crippen LogP contribution in [0.25, 0.3) is 0 Å². The van der Waals surface area contributed by atoms with Gasteiger partial charge in [-0.25, -0.2) is 4.79 Å². The Morgan fingerprint density at radius 1 is 0.760 bits per heavy atom. The number of methoxy groups -OCH3 is 1. The van der Waals surface area contributed by atoms with E-state index < -0.39 is 13.9 Å². The molecule has 3 aromatic carbocycles. The summed E-state index contributed by atoms with van der Waals surface area (Å²) in [5.74, 6) is -0.394. The summed E-state index contributed by atoms with van der Waals surface area (Å²) >= 11 is 0. The Morgan fingerprint density at radius 3 is 1.28 bits per heavy atom. The zero-order valence-electron chi connectivity index (χ0n) is 14.2. The third-order valence-corrected chi connectivity index (χ3v) is 5.85. The summed E-state index contributed by atoms with van der Waals surface area (Å²) in [7, 11) is 0.864. The fourth-order valence-corrected chi connectivity index (χ4v) is 4.57. The van der Waals surface area contributed by atoms with Gasteiger partial charge < -0.3 is 4.74 Å². The predicted molar refractivity (Wildman–Crippen MR) is 107 cm³/mol. The van der Waals surface area contributed by atoms with Gasteiger partial charge in [0.05, 0.1) is 7.11 Å². The predicted octanol–water partition coefficient (Wildman–Crippen LogP) is 3.79. The Hall–Kier alpha value is -2.70. The van der Waals surface area contributed by atoms with Gasteiger partial charge in [-0.3, -0.25) is 0 Å². The van der Waals surface area contributed by atoms with Gasteiger partial charge in [0.15, 0.2) is 0 Å². The van der Waals surface area contributed by atoms with Crippen molar-refractivity contribution in [3.05, 3.63) is 104 Å². The van der Waals surface area contributed by atoms with E-state index in [0.717, 1.165) is 6.08 Å². The Morgan fingerprint density at radius 2 is 1.08 bits per heavy atom. The van der Waals surface area contributed by atoms with E-state index in [1.165, 1.54) is 23.0 Å². The van der Waals surface area contributed by atoms with Crippen molar-refractivity contribution in [2.45, 2.75) is 0 Å². The van der Waals surface area contributed by atoms with Crippen LogP contribution in [0.5, 0.6) is 0 Å². The SMILES string of the molecule is C=CC(=O)OC.c1ccc(P(c2ccccc2)c2ccccc2)cc1. The fraction of sp³-hybridized carbons (Fsp3) is 0.0455. The second-order valence-corrected chi connectivity index (χ2v) is 7.29. The quantitative estimate of drug-likeness (QED) is 0.407. The minimum absolute atomic E-state index is 0.394. The standard InChI is InChI=1S/C18H15P.C4H6O2/c1-4-10-16(11-5-1)19(17-12-6-2-7-13-17)18-14-8-3-9-15-18;1-3-4(5)6-2/h1-15H;3H,1H2,2H3. The van der Waals surface area contributed by atoms with Crippen molar-refractivity contribution in [2.75, 3.05) is 7.11 Å². The normalized spacial score (nSPS) is 9.68. The van der Waals surface area contributed by atoms with Crippen molar-refractivity contribution in [3.8, 4) is 0 Å². The lowest BCUT2D eigenvalue weighted by Gasteiger charge is -2.18. The smallest absolute Gasteiger partial charge is 0.329 e. The Labute approximate surface area is 150 Å². The molecule has 0 aliphatic heterocycles. The summed E-state index contributed by atoms with van der Waals surface area (Å²) in [5, 5.41) is 4.19. The first-order chi connectivity index (χ1) is 12.3. The van der Waals surface area contributed by atoms with Crippen LogP contribution < -0.4 is 15.9 Å². The molecule has 0 N–H and O–H groups in total. The summed E-state index contributed by atoms with van der Waals surface area (Å²) in [6.45, 7) is 3.16. The highest BCUT2D eigenvalue weighted by atomic mass is 31.1. The molecule has 0 aliphatic rings. The maximum Gasteiger partial charge on any atom is 0.329 e. The number of hydrogen-bond donors (Lipinski definition) is 0. The maximum absolute atomic E-state index is 9.84. The average molecular weight is 348 g/mol. The molecule has 0 aromatic heterocycles. The van der Waals surface area contributed by atoms with E-state index in [0.29, 0.717) is 0 Å². The summed E-state index contributed by atoms with van der Waals surface area (Å²) < 4.78 is 4.14. The Bertz CT molecular complexity index is 677. The molecule has 3 heteroatoms. The molecule has 25 heavy (non-hydrogen) atoms. The fourth-order valence-electron chi connectivity index (χ4n) is 2.26. The molecule has 0 radical (unpaired) electrons. The number of rotatable bonds is 4.